The van der Waals surface area contributed by atoms with E-state index in [1.165, 1.54) is 0 Å². The summed E-state index contributed by atoms with van der Waals surface area (Å²) in [6.07, 6.45) is 6.03. The smallest absolute Gasteiger partial charge is 0.0163 e. The second-order valence-corrected chi connectivity index (χ2v) is 3.45. The van der Waals surface area contributed by atoms with Crippen molar-refractivity contribution in [1.29, 1.82) is 0 Å². The van der Waals surface area contributed by atoms with E-state index in [9.17, 15) is 0 Å². The average Bonchev–Trinajstić information content (AvgIpc) is 2.13. The molecule has 0 aliphatic carbocycles. The van der Waals surface area contributed by atoms with Gasteiger partial charge in [0, 0.05) is 25.3 Å². The molecule has 82 valence electrons. The van der Waals surface area contributed by atoms with Gasteiger partial charge in [0.05, 0.1) is 0 Å². The third kappa shape index (κ3) is 9.29. The van der Waals surface area contributed by atoms with Gasteiger partial charge in [-0.15, -0.1) is 0 Å². The summed E-state index contributed by atoms with van der Waals surface area (Å²) in [6, 6.07) is 0. The van der Waals surface area contributed by atoms with Gasteiger partial charge in [0.25, 0.3) is 0 Å². The van der Waals surface area contributed by atoms with E-state index in [0.29, 0.717) is 0 Å². The van der Waals surface area contributed by atoms with E-state index in [2.05, 4.69) is 30.3 Å². The summed E-state index contributed by atoms with van der Waals surface area (Å²) in [6.45, 7) is 8.14. The molecule has 3 nitrogen and oxygen atoms in total. The van der Waals surface area contributed by atoms with Crippen molar-refractivity contribution in [1.82, 2.24) is 10.2 Å². The fourth-order valence-corrected chi connectivity index (χ4v) is 0.999. The van der Waals surface area contributed by atoms with Gasteiger partial charge in [-0.05, 0) is 26.6 Å². The fraction of sp³-hybridized carbons (Fsp3) is 0.636. The number of nitrogens with two attached hydrogens (primary N) is 1. The Morgan fingerprint density at radius 2 is 2.21 bits per heavy atom. The Bertz CT molecular complexity index is 181. The normalized spacial score (nSPS) is 13.0. The number of allylic oxidation sites excluding steroid dienone is 3. The lowest BCUT2D eigenvalue weighted by Gasteiger charge is -2.13. The van der Waals surface area contributed by atoms with E-state index >= 15 is 0 Å². The second kappa shape index (κ2) is 8.78. The molecule has 0 radical (unpaired) electrons. The van der Waals surface area contributed by atoms with Gasteiger partial charge >= 0.3 is 0 Å². The number of likely N-dealkylation sites (N-methyl/N-ethyl adjacent to an activating group) is 2. The lowest BCUT2D eigenvalue weighted by molar-refractivity contribution is 0.367. The summed E-state index contributed by atoms with van der Waals surface area (Å²) in [7, 11) is 2.11. The highest BCUT2D eigenvalue weighted by Gasteiger charge is 1.92. The Labute approximate surface area is 87.7 Å². The average molecular weight is 197 g/mol. The highest BCUT2D eigenvalue weighted by Crippen LogP contribution is 1.85. The Morgan fingerprint density at radius 3 is 2.79 bits per heavy atom. The Hall–Kier alpha value is -0.800. The topological polar surface area (TPSA) is 41.3 Å². The van der Waals surface area contributed by atoms with Crippen LogP contribution in [0.25, 0.3) is 0 Å². The zero-order chi connectivity index (χ0) is 10.8. The molecular formula is C11H23N3. The van der Waals surface area contributed by atoms with E-state index in [-0.39, 0.29) is 0 Å². The second-order valence-electron chi connectivity index (χ2n) is 3.45. The van der Waals surface area contributed by atoms with Crippen LogP contribution in [0.15, 0.2) is 23.9 Å². The van der Waals surface area contributed by atoms with Crippen LogP contribution in [0.4, 0.5) is 0 Å². The highest BCUT2D eigenvalue weighted by molar-refractivity contribution is 5.07. The Morgan fingerprint density at radius 1 is 1.50 bits per heavy atom. The molecule has 0 aliphatic rings. The molecule has 0 fully saturated rings. The van der Waals surface area contributed by atoms with E-state index < -0.39 is 0 Å². The first-order valence-electron chi connectivity index (χ1n) is 5.15. The molecule has 0 spiro atoms. The molecule has 3 heteroatoms. The molecule has 0 atom stereocenters. The van der Waals surface area contributed by atoms with Gasteiger partial charge in [-0.2, -0.15) is 0 Å². The lowest BCUT2D eigenvalue weighted by Crippen LogP contribution is -2.29. The molecule has 0 aromatic heterocycles. The maximum atomic E-state index is 5.49. The van der Waals surface area contributed by atoms with Crippen LogP contribution in [0, 0.1) is 0 Å². The van der Waals surface area contributed by atoms with Crippen molar-refractivity contribution in [3.63, 3.8) is 0 Å². The molecule has 0 rings (SSSR count). The Kier molecular flexibility index (Phi) is 8.28. The maximum Gasteiger partial charge on any atom is 0.0163 e. The van der Waals surface area contributed by atoms with Gasteiger partial charge in [-0.1, -0.05) is 19.1 Å². The van der Waals surface area contributed by atoms with Crippen molar-refractivity contribution in [3.8, 4) is 0 Å². The first kappa shape index (κ1) is 13.2. The quantitative estimate of drug-likeness (QED) is 0.471. The molecule has 14 heavy (non-hydrogen) atoms. The molecule has 0 aromatic rings. The van der Waals surface area contributed by atoms with Crippen molar-refractivity contribution in [3.05, 3.63) is 23.9 Å². The van der Waals surface area contributed by atoms with E-state index in [0.717, 1.165) is 31.9 Å². The predicted molar refractivity (Wildman–Crippen MR) is 63.1 cm³/mol. The summed E-state index contributed by atoms with van der Waals surface area (Å²) >= 11 is 0. The van der Waals surface area contributed by atoms with Crippen molar-refractivity contribution in [2.75, 3.05) is 33.2 Å². The van der Waals surface area contributed by atoms with Crippen LogP contribution in [0.3, 0.4) is 0 Å². The lowest BCUT2D eigenvalue weighted by atomic mass is 10.4. The number of hydrogen-bond acceptors (Lipinski definition) is 3. The van der Waals surface area contributed by atoms with Crippen LogP contribution in [0.1, 0.15) is 13.8 Å². The third-order valence-electron chi connectivity index (χ3n) is 1.83. The summed E-state index contributed by atoms with van der Waals surface area (Å²) in [5.41, 5.74) is 6.34. The Balaban J connectivity index is 3.48. The van der Waals surface area contributed by atoms with Crippen LogP contribution in [-0.4, -0.2) is 38.1 Å². The molecule has 0 aliphatic heterocycles. The van der Waals surface area contributed by atoms with E-state index in [4.69, 9.17) is 5.73 Å². The SMILES string of the molecule is CCNCCN(C)C/C=C/C=C(/C)N. The van der Waals surface area contributed by atoms with Crippen molar-refractivity contribution in [2.24, 2.45) is 5.73 Å². The standard InChI is InChI=1S/C11H23N3/c1-4-13-8-10-14(3)9-6-5-7-11(2)12/h5-7,13H,4,8-10,12H2,1-3H3/b6-5+,11-7-. The van der Waals surface area contributed by atoms with Crippen LogP contribution in [0.5, 0.6) is 0 Å². The number of nitrogens with one attached hydrogen (secondary N) is 1. The molecular weight excluding hydrogens is 174 g/mol. The molecule has 0 saturated heterocycles. The monoisotopic (exact) mass is 197 g/mol. The highest BCUT2D eigenvalue weighted by atomic mass is 15.1. The summed E-state index contributed by atoms with van der Waals surface area (Å²) < 4.78 is 0. The zero-order valence-corrected chi connectivity index (χ0v) is 9.59. The predicted octanol–water partition coefficient (Wildman–Crippen LogP) is 0.946. The summed E-state index contributed by atoms with van der Waals surface area (Å²) in [5.74, 6) is 0. The minimum atomic E-state index is 0.844. The summed E-state index contributed by atoms with van der Waals surface area (Å²) in [5, 5.41) is 3.29. The van der Waals surface area contributed by atoms with Gasteiger partial charge in [-0.25, -0.2) is 0 Å². The first-order chi connectivity index (χ1) is 6.66. The van der Waals surface area contributed by atoms with Crippen molar-refractivity contribution < 1.29 is 0 Å². The number of nitrogens with zero attached hydrogens (tertiary/aromatic N) is 1. The first-order valence-corrected chi connectivity index (χ1v) is 5.15. The van der Waals surface area contributed by atoms with Crippen LogP contribution < -0.4 is 11.1 Å². The fourth-order valence-electron chi connectivity index (χ4n) is 0.999. The van der Waals surface area contributed by atoms with Crippen molar-refractivity contribution >= 4 is 0 Å². The summed E-state index contributed by atoms with van der Waals surface area (Å²) in [4.78, 5) is 2.26. The third-order valence-corrected chi connectivity index (χ3v) is 1.83. The molecule has 0 unspecified atom stereocenters. The van der Waals surface area contributed by atoms with Gasteiger partial charge in [0.2, 0.25) is 0 Å². The van der Waals surface area contributed by atoms with Crippen LogP contribution in [0.2, 0.25) is 0 Å². The largest absolute Gasteiger partial charge is 0.402 e. The van der Waals surface area contributed by atoms with Crippen LogP contribution in [-0.2, 0) is 0 Å². The minimum Gasteiger partial charge on any atom is -0.402 e. The van der Waals surface area contributed by atoms with E-state index in [1.807, 2.05) is 19.1 Å². The number of hydrogen-bond donors (Lipinski definition) is 2. The number of rotatable bonds is 7. The van der Waals surface area contributed by atoms with Crippen molar-refractivity contribution in [2.45, 2.75) is 13.8 Å². The molecule has 3 N–H and O–H groups in total. The molecule has 0 amide bonds. The molecule has 0 aromatic carbocycles. The van der Waals surface area contributed by atoms with Gasteiger partial charge < -0.3 is 16.0 Å². The molecule has 0 bridgehead atoms. The van der Waals surface area contributed by atoms with Gasteiger partial charge in [0.1, 0.15) is 0 Å². The van der Waals surface area contributed by atoms with Crippen LogP contribution >= 0.6 is 0 Å². The van der Waals surface area contributed by atoms with Gasteiger partial charge in [0.15, 0.2) is 0 Å². The molecule has 0 heterocycles. The zero-order valence-electron chi connectivity index (χ0n) is 9.59. The molecule has 0 saturated carbocycles. The van der Waals surface area contributed by atoms with E-state index in [1.54, 1.807) is 0 Å². The van der Waals surface area contributed by atoms with Gasteiger partial charge in [-0.3, -0.25) is 0 Å². The maximum absolute atomic E-state index is 5.49. The minimum absolute atomic E-state index is 0.844.